The molecule has 0 aliphatic carbocycles. The van der Waals surface area contributed by atoms with Gasteiger partial charge in [0.1, 0.15) is 5.75 Å². The fourth-order valence-electron chi connectivity index (χ4n) is 3.09. The van der Waals surface area contributed by atoms with Crippen LogP contribution >= 0.6 is 34.8 Å². The van der Waals surface area contributed by atoms with E-state index in [-0.39, 0.29) is 37.1 Å². The smallest absolute Gasteiger partial charge is 0.261 e. The van der Waals surface area contributed by atoms with Gasteiger partial charge in [-0.3, -0.25) is 9.52 Å². The number of ether oxygens (including phenoxy) is 1. The molecule has 1 amide bonds. The maximum atomic E-state index is 12.9. The standard InChI is InChI=1S/C19H19Cl3N2O4S/c1-28-18-6-5-12(9-13(18)19(25)24-7-3-2-4-8-24)29(26,27)23-17-11-15(21)14(20)10-16(17)22/h5-6,9-11,23H,2-4,7-8H2,1H3. The number of likely N-dealkylation sites (tertiary alicyclic amines) is 1. The van der Waals surface area contributed by atoms with Crippen molar-refractivity contribution >= 4 is 56.4 Å². The van der Waals surface area contributed by atoms with Gasteiger partial charge in [0, 0.05) is 13.1 Å². The number of amides is 1. The van der Waals surface area contributed by atoms with Crippen molar-refractivity contribution in [3.63, 3.8) is 0 Å². The number of halogens is 3. The highest BCUT2D eigenvalue weighted by Gasteiger charge is 2.25. The number of carbonyl (C=O) groups is 1. The monoisotopic (exact) mass is 476 g/mol. The zero-order chi connectivity index (χ0) is 21.2. The van der Waals surface area contributed by atoms with Crippen molar-refractivity contribution < 1.29 is 17.9 Å². The molecule has 2 aromatic carbocycles. The molecular formula is C19H19Cl3N2O4S. The van der Waals surface area contributed by atoms with Crippen LogP contribution in [0.4, 0.5) is 5.69 Å². The Morgan fingerprint density at radius 2 is 1.66 bits per heavy atom. The van der Waals surface area contributed by atoms with E-state index < -0.39 is 10.0 Å². The van der Waals surface area contributed by atoms with Crippen LogP contribution in [0.5, 0.6) is 5.75 Å². The Balaban J connectivity index is 1.95. The summed E-state index contributed by atoms with van der Waals surface area (Å²) < 4.78 is 33.4. The number of methoxy groups -OCH3 is 1. The van der Waals surface area contributed by atoms with Crippen molar-refractivity contribution in [3.05, 3.63) is 51.0 Å². The van der Waals surface area contributed by atoms with Crippen LogP contribution in [0.25, 0.3) is 0 Å². The van der Waals surface area contributed by atoms with Gasteiger partial charge >= 0.3 is 0 Å². The number of anilines is 1. The van der Waals surface area contributed by atoms with Crippen LogP contribution in [0.1, 0.15) is 29.6 Å². The van der Waals surface area contributed by atoms with Crippen LogP contribution < -0.4 is 9.46 Å². The molecule has 0 radical (unpaired) electrons. The molecule has 0 unspecified atom stereocenters. The zero-order valence-electron chi connectivity index (χ0n) is 15.5. The highest BCUT2D eigenvalue weighted by Crippen LogP contribution is 2.34. The van der Waals surface area contributed by atoms with E-state index >= 15 is 0 Å². The van der Waals surface area contributed by atoms with Crippen LogP contribution in [-0.4, -0.2) is 39.4 Å². The highest BCUT2D eigenvalue weighted by molar-refractivity contribution is 7.92. The summed E-state index contributed by atoms with van der Waals surface area (Å²) in [5, 5.41) is 0.462. The maximum Gasteiger partial charge on any atom is 0.261 e. The minimum atomic E-state index is -4.04. The third-order valence-corrected chi connectivity index (χ3v) is 7.01. The predicted octanol–water partition coefficient (Wildman–Crippen LogP) is 5.08. The number of benzene rings is 2. The van der Waals surface area contributed by atoms with Gasteiger partial charge in [0.2, 0.25) is 0 Å². The van der Waals surface area contributed by atoms with E-state index in [1.165, 1.54) is 37.4 Å². The summed E-state index contributed by atoms with van der Waals surface area (Å²) in [6.45, 7) is 1.27. The normalized spacial score (nSPS) is 14.6. The van der Waals surface area contributed by atoms with Crippen molar-refractivity contribution in [1.29, 1.82) is 0 Å². The van der Waals surface area contributed by atoms with Crippen molar-refractivity contribution in [2.24, 2.45) is 0 Å². The molecule has 0 bridgehead atoms. The van der Waals surface area contributed by atoms with Gasteiger partial charge in [0.15, 0.2) is 0 Å². The molecular weight excluding hydrogens is 459 g/mol. The minimum Gasteiger partial charge on any atom is -0.496 e. The summed E-state index contributed by atoms with van der Waals surface area (Å²) in [7, 11) is -2.60. The van der Waals surface area contributed by atoms with E-state index in [0.717, 1.165) is 19.3 Å². The SMILES string of the molecule is COc1ccc(S(=O)(=O)Nc2cc(Cl)c(Cl)cc2Cl)cc1C(=O)N1CCCCC1. The number of carbonyl (C=O) groups excluding carboxylic acids is 1. The lowest BCUT2D eigenvalue weighted by molar-refractivity contribution is 0.0720. The maximum absolute atomic E-state index is 12.9. The van der Waals surface area contributed by atoms with Gasteiger partial charge < -0.3 is 9.64 Å². The third kappa shape index (κ3) is 4.91. The molecule has 10 heteroatoms. The van der Waals surface area contributed by atoms with E-state index in [0.29, 0.717) is 18.8 Å². The minimum absolute atomic E-state index is 0.0841. The highest BCUT2D eigenvalue weighted by atomic mass is 35.5. The molecule has 1 saturated heterocycles. The average molecular weight is 478 g/mol. The number of sulfonamides is 1. The van der Waals surface area contributed by atoms with Gasteiger partial charge in [-0.05, 0) is 49.6 Å². The Labute approximate surface area is 184 Å². The molecule has 0 atom stereocenters. The number of rotatable bonds is 5. The number of piperidine rings is 1. The number of hydrogen-bond donors (Lipinski definition) is 1. The second-order valence-electron chi connectivity index (χ2n) is 6.57. The van der Waals surface area contributed by atoms with Crippen LogP contribution in [0.15, 0.2) is 35.2 Å². The number of nitrogens with one attached hydrogen (secondary N) is 1. The van der Waals surface area contributed by atoms with Crippen molar-refractivity contribution in [3.8, 4) is 5.75 Å². The topological polar surface area (TPSA) is 75.7 Å². The molecule has 0 aromatic heterocycles. The summed E-state index contributed by atoms with van der Waals surface area (Å²) in [5.41, 5.74) is 0.276. The van der Waals surface area contributed by atoms with Crippen LogP contribution in [0.2, 0.25) is 15.1 Å². The summed E-state index contributed by atoms with van der Waals surface area (Å²) in [6, 6.07) is 6.81. The molecule has 0 spiro atoms. The second kappa shape index (κ2) is 9.00. The van der Waals surface area contributed by atoms with Crippen molar-refractivity contribution in [2.45, 2.75) is 24.2 Å². The zero-order valence-corrected chi connectivity index (χ0v) is 18.6. The van der Waals surface area contributed by atoms with Crippen molar-refractivity contribution in [2.75, 3.05) is 24.9 Å². The molecule has 0 saturated carbocycles. The fourth-order valence-corrected chi connectivity index (χ4v) is 4.84. The molecule has 2 aromatic rings. The average Bonchev–Trinajstić information content (AvgIpc) is 2.71. The van der Waals surface area contributed by atoms with Crippen LogP contribution in [-0.2, 0) is 10.0 Å². The van der Waals surface area contributed by atoms with Gasteiger partial charge in [-0.2, -0.15) is 0 Å². The Morgan fingerprint density at radius 3 is 2.31 bits per heavy atom. The fraction of sp³-hybridized carbons (Fsp3) is 0.316. The lowest BCUT2D eigenvalue weighted by atomic mass is 10.1. The molecule has 1 aliphatic heterocycles. The van der Waals surface area contributed by atoms with Crippen molar-refractivity contribution in [1.82, 2.24) is 4.90 Å². The first-order valence-corrected chi connectivity index (χ1v) is 11.5. The van der Waals surface area contributed by atoms with Gasteiger partial charge in [-0.15, -0.1) is 0 Å². The number of nitrogens with zero attached hydrogens (tertiary/aromatic N) is 1. The molecule has 1 aliphatic rings. The van der Waals surface area contributed by atoms with E-state index in [1.807, 2.05) is 0 Å². The molecule has 156 valence electrons. The first kappa shape index (κ1) is 22.0. The van der Waals surface area contributed by atoms with Crippen LogP contribution in [0, 0.1) is 0 Å². The Hall–Kier alpha value is -1.67. The van der Waals surface area contributed by atoms with E-state index in [9.17, 15) is 13.2 Å². The third-order valence-electron chi connectivity index (χ3n) is 4.61. The first-order valence-electron chi connectivity index (χ1n) is 8.87. The van der Waals surface area contributed by atoms with Crippen LogP contribution in [0.3, 0.4) is 0 Å². The van der Waals surface area contributed by atoms with Gasteiger partial charge in [0.05, 0.1) is 38.3 Å². The molecule has 1 N–H and O–H groups in total. The van der Waals surface area contributed by atoms with E-state index in [2.05, 4.69) is 4.72 Å². The van der Waals surface area contributed by atoms with E-state index in [1.54, 1.807) is 4.90 Å². The Kier molecular flexibility index (Phi) is 6.83. The molecule has 3 rings (SSSR count). The molecule has 6 nitrogen and oxygen atoms in total. The Morgan fingerprint density at radius 1 is 1.00 bits per heavy atom. The van der Waals surface area contributed by atoms with Gasteiger partial charge in [0.25, 0.3) is 15.9 Å². The van der Waals surface area contributed by atoms with Gasteiger partial charge in [-0.25, -0.2) is 8.42 Å². The summed E-state index contributed by atoms with van der Waals surface area (Å²) in [4.78, 5) is 14.5. The van der Waals surface area contributed by atoms with Gasteiger partial charge in [-0.1, -0.05) is 34.8 Å². The lowest BCUT2D eigenvalue weighted by Gasteiger charge is -2.27. The molecule has 29 heavy (non-hydrogen) atoms. The van der Waals surface area contributed by atoms with E-state index in [4.69, 9.17) is 39.5 Å². The second-order valence-corrected chi connectivity index (χ2v) is 9.47. The molecule has 1 heterocycles. The summed E-state index contributed by atoms with van der Waals surface area (Å²) in [5.74, 6) is 0.0539. The number of hydrogen-bond acceptors (Lipinski definition) is 4. The summed E-state index contributed by atoms with van der Waals surface area (Å²) >= 11 is 17.9. The quantitative estimate of drug-likeness (QED) is 0.609. The lowest BCUT2D eigenvalue weighted by Crippen LogP contribution is -2.35. The first-order chi connectivity index (χ1) is 13.7. The molecule has 1 fully saturated rings. The summed E-state index contributed by atoms with van der Waals surface area (Å²) in [6.07, 6.45) is 2.91. The predicted molar refractivity (Wildman–Crippen MR) is 115 cm³/mol. The largest absolute Gasteiger partial charge is 0.496 e. The Bertz CT molecular complexity index is 1040.